The van der Waals surface area contributed by atoms with Gasteiger partial charge in [0.1, 0.15) is 0 Å². The topological polar surface area (TPSA) is 60.2 Å². The molecule has 0 heterocycles. The minimum Gasteiger partial charge on any atom is -0.298 e. The highest BCUT2D eigenvalue weighted by Gasteiger charge is 2.14. The Hall–Kier alpha value is -1.07. The average molecular weight is 260 g/mol. The SMILES string of the molecule is CSc1ccc(CC(=O)CCl)cc1[N+](=O)[O-]. The number of carbonyl (C=O) groups is 1. The van der Waals surface area contributed by atoms with Crippen molar-refractivity contribution in [1.29, 1.82) is 0 Å². The lowest BCUT2D eigenvalue weighted by molar-refractivity contribution is -0.387. The summed E-state index contributed by atoms with van der Waals surface area (Å²) in [5.74, 6) is -0.217. The van der Waals surface area contributed by atoms with Crippen LogP contribution in [-0.4, -0.2) is 22.8 Å². The van der Waals surface area contributed by atoms with Gasteiger partial charge in [0.2, 0.25) is 0 Å². The van der Waals surface area contributed by atoms with E-state index in [1.807, 2.05) is 0 Å². The second-order valence-electron chi connectivity index (χ2n) is 3.11. The van der Waals surface area contributed by atoms with Crippen LogP contribution < -0.4 is 0 Å². The molecule has 0 saturated heterocycles. The van der Waals surface area contributed by atoms with Crippen LogP contribution in [-0.2, 0) is 11.2 Å². The predicted molar refractivity (Wildman–Crippen MR) is 64.3 cm³/mol. The first-order valence-electron chi connectivity index (χ1n) is 4.47. The molecule has 0 aliphatic rings. The van der Waals surface area contributed by atoms with Gasteiger partial charge in [0.15, 0.2) is 5.78 Å². The Labute approximate surface area is 102 Å². The molecule has 0 bridgehead atoms. The summed E-state index contributed by atoms with van der Waals surface area (Å²) >= 11 is 6.68. The molecule has 0 aliphatic heterocycles. The normalized spacial score (nSPS) is 10.1. The lowest BCUT2D eigenvalue weighted by atomic mass is 10.1. The van der Waals surface area contributed by atoms with E-state index in [9.17, 15) is 14.9 Å². The molecule has 0 saturated carbocycles. The molecule has 0 spiro atoms. The smallest absolute Gasteiger partial charge is 0.283 e. The highest BCUT2D eigenvalue weighted by molar-refractivity contribution is 7.98. The van der Waals surface area contributed by atoms with E-state index in [0.29, 0.717) is 10.5 Å². The van der Waals surface area contributed by atoms with Gasteiger partial charge < -0.3 is 0 Å². The summed E-state index contributed by atoms with van der Waals surface area (Å²) in [4.78, 5) is 22.0. The van der Waals surface area contributed by atoms with Crippen LogP contribution in [0.5, 0.6) is 0 Å². The van der Waals surface area contributed by atoms with E-state index in [0.717, 1.165) is 0 Å². The molecular weight excluding hydrogens is 250 g/mol. The summed E-state index contributed by atoms with van der Waals surface area (Å²) in [7, 11) is 0. The van der Waals surface area contributed by atoms with Gasteiger partial charge in [0.05, 0.1) is 15.7 Å². The number of nitro benzene ring substituents is 1. The largest absolute Gasteiger partial charge is 0.298 e. The first-order chi connectivity index (χ1) is 7.58. The molecule has 0 amide bonds. The molecule has 0 radical (unpaired) electrons. The number of rotatable bonds is 5. The Balaban J connectivity index is 3.02. The van der Waals surface area contributed by atoms with E-state index < -0.39 is 4.92 Å². The van der Waals surface area contributed by atoms with Crippen LogP contribution in [0.1, 0.15) is 5.56 Å². The second-order valence-corrected chi connectivity index (χ2v) is 4.23. The molecule has 1 rings (SSSR count). The van der Waals surface area contributed by atoms with Crippen molar-refractivity contribution in [2.75, 3.05) is 12.1 Å². The van der Waals surface area contributed by atoms with E-state index in [1.54, 1.807) is 18.4 Å². The van der Waals surface area contributed by atoms with E-state index in [2.05, 4.69) is 0 Å². The number of hydrogen-bond donors (Lipinski definition) is 0. The molecule has 0 fully saturated rings. The van der Waals surface area contributed by atoms with Gasteiger partial charge in [-0.3, -0.25) is 14.9 Å². The van der Waals surface area contributed by atoms with Gasteiger partial charge in [-0.2, -0.15) is 0 Å². The van der Waals surface area contributed by atoms with Crippen LogP contribution in [0, 0.1) is 10.1 Å². The number of carbonyl (C=O) groups excluding carboxylic acids is 1. The Morgan fingerprint density at radius 1 is 1.56 bits per heavy atom. The Bertz CT molecular complexity index is 423. The highest BCUT2D eigenvalue weighted by atomic mass is 35.5. The zero-order valence-corrected chi connectivity index (χ0v) is 10.2. The minimum absolute atomic E-state index is 0.0346. The fraction of sp³-hybridized carbons (Fsp3) is 0.300. The molecule has 16 heavy (non-hydrogen) atoms. The quantitative estimate of drug-likeness (QED) is 0.353. The van der Waals surface area contributed by atoms with Crippen LogP contribution >= 0.6 is 23.4 Å². The van der Waals surface area contributed by atoms with E-state index in [4.69, 9.17) is 11.6 Å². The van der Waals surface area contributed by atoms with Crippen molar-refractivity contribution in [3.63, 3.8) is 0 Å². The Kier molecular flexibility index (Phi) is 4.76. The molecular formula is C10H10ClNO3S. The van der Waals surface area contributed by atoms with Crippen LogP contribution in [0.15, 0.2) is 23.1 Å². The number of ketones is 1. The Morgan fingerprint density at radius 2 is 2.25 bits per heavy atom. The molecule has 6 heteroatoms. The van der Waals surface area contributed by atoms with E-state index in [-0.39, 0.29) is 23.8 Å². The summed E-state index contributed by atoms with van der Waals surface area (Å²) in [5.41, 5.74) is 0.655. The van der Waals surface area contributed by atoms with Gasteiger partial charge in [-0.1, -0.05) is 6.07 Å². The highest BCUT2D eigenvalue weighted by Crippen LogP contribution is 2.28. The monoisotopic (exact) mass is 259 g/mol. The van der Waals surface area contributed by atoms with Gasteiger partial charge in [-0.05, 0) is 17.9 Å². The number of thioether (sulfide) groups is 1. The van der Waals surface area contributed by atoms with Gasteiger partial charge in [0, 0.05) is 12.5 Å². The van der Waals surface area contributed by atoms with Gasteiger partial charge >= 0.3 is 0 Å². The molecule has 0 unspecified atom stereocenters. The molecule has 1 aromatic carbocycles. The van der Waals surface area contributed by atoms with Crippen molar-refractivity contribution in [3.05, 3.63) is 33.9 Å². The zero-order chi connectivity index (χ0) is 12.1. The van der Waals surface area contributed by atoms with Crippen molar-refractivity contribution in [1.82, 2.24) is 0 Å². The number of nitro groups is 1. The van der Waals surface area contributed by atoms with Crippen molar-refractivity contribution >= 4 is 34.8 Å². The number of halogens is 1. The van der Waals surface area contributed by atoms with Crippen LogP contribution in [0.25, 0.3) is 0 Å². The zero-order valence-electron chi connectivity index (χ0n) is 8.60. The van der Waals surface area contributed by atoms with Crippen molar-refractivity contribution in [2.24, 2.45) is 0 Å². The first-order valence-corrected chi connectivity index (χ1v) is 6.23. The maximum atomic E-state index is 11.1. The summed E-state index contributed by atoms with van der Waals surface area (Å²) in [6.07, 6.45) is 1.91. The third-order valence-corrected chi connectivity index (χ3v) is 3.07. The molecule has 0 aromatic heterocycles. The van der Waals surface area contributed by atoms with E-state index in [1.165, 1.54) is 17.8 Å². The van der Waals surface area contributed by atoms with Gasteiger partial charge in [-0.15, -0.1) is 23.4 Å². The Morgan fingerprint density at radius 3 is 2.75 bits per heavy atom. The van der Waals surface area contributed by atoms with Crippen LogP contribution in [0.3, 0.4) is 0 Å². The summed E-state index contributed by atoms with van der Waals surface area (Å²) in [5, 5.41) is 10.8. The lowest BCUT2D eigenvalue weighted by Crippen LogP contribution is -2.04. The summed E-state index contributed by atoms with van der Waals surface area (Å²) in [6, 6.07) is 4.79. The standard InChI is InChI=1S/C10H10ClNO3S/c1-16-10-3-2-7(4-8(13)6-11)5-9(10)12(14)15/h2-3,5H,4,6H2,1H3. The lowest BCUT2D eigenvalue weighted by Gasteiger charge is -2.02. The summed E-state index contributed by atoms with van der Waals surface area (Å²) < 4.78 is 0. The fourth-order valence-corrected chi connectivity index (χ4v) is 1.90. The fourth-order valence-electron chi connectivity index (χ4n) is 1.26. The maximum Gasteiger partial charge on any atom is 0.283 e. The van der Waals surface area contributed by atoms with Crippen molar-refractivity contribution in [2.45, 2.75) is 11.3 Å². The molecule has 86 valence electrons. The summed E-state index contributed by atoms with van der Waals surface area (Å²) in [6.45, 7) is 0. The van der Waals surface area contributed by atoms with E-state index >= 15 is 0 Å². The van der Waals surface area contributed by atoms with Crippen LogP contribution in [0.4, 0.5) is 5.69 Å². The van der Waals surface area contributed by atoms with Gasteiger partial charge in [-0.25, -0.2) is 0 Å². The van der Waals surface area contributed by atoms with Crippen molar-refractivity contribution < 1.29 is 9.72 Å². The molecule has 0 atom stereocenters. The average Bonchev–Trinajstić information content (AvgIpc) is 2.28. The molecule has 0 aliphatic carbocycles. The second kappa shape index (κ2) is 5.86. The van der Waals surface area contributed by atoms with Gasteiger partial charge in [0.25, 0.3) is 5.69 Å². The maximum absolute atomic E-state index is 11.1. The first kappa shape index (κ1) is 13.0. The number of alkyl halides is 1. The third kappa shape index (κ3) is 3.21. The molecule has 4 nitrogen and oxygen atoms in total. The third-order valence-electron chi connectivity index (χ3n) is 1.99. The number of nitrogens with zero attached hydrogens (tertiary/aromatic N) is 1. The number of Topliss-reactive ketones (excluding diaryl/α,β-unsaturated/α-hetero) is 1. The molecule has 0 N–H and O–H groups in total. The van der Waals surface area contributed by atoms with Crippen LogP contribution in [0.2, 0.25) is 0 Å². The minimum atomic E-state index is -0.444. The number of benzene rings is 1. The van der Waals surface area contributed by atoms with Crippen molar-refractivity contribution in [3.8, 4) is 0 Å². The molecule has 1 aromatic rings. The number of hydrogen-bond acceptors (Lipinski definition) is 4. The predicted octanol–water partition coefficient (Wildman–Crippen LogP) is 2.67.